The summed E-state index contributed by atoms with van der Waals surface area (Å²) in [6, 6.07) is 31.7. The Labute approximate surface area is 326 Å². The SMILES string of the molecule is Cc1ccc(N(c2ccc(C)cc2)c2sc(-c3cc4c(cc(/N=c5\c(=O)c(=O)c6cc(C(F)(F)F)ccc56)c5nsnc54)c4nsnc34)c3ccccc23)cc1. The summed E-state index contributed by atoms with van der Waals surface area (Å²) < 4.78 is 59.1. The minimum absolute atomic E-state index is 0.0333. The number of hydrogen-bond donors (Lipinski definition) is 0. The largest absolute Gasteiger partial charge is 0.416 e. The van der Waals surface area contributed by atoms with Crippen LogP contribution < -0.4 is 21.1 Å². The molecule has 0 amide bonds. The van der Waals surface area contributed by atoms with Gasteiger partial charge in [0.1, 0.15) is 32.4 Å². The average Bonchev–Trinajstić information content (AvgIpc) is 4.00. The van der Waals surface area contributed by atoms with Crippen LogP contribution in [0, 0.1) is 13.8 Å². The Balaban J connectivity index is 1.21. The zero-order chi connectivity index (χ0) is 38.5. The maximum Gasteiger partial charge on any atom is 0.416 e. The quantitative estimate of drug-likeness (QED) is 0.160. The van der Waals surface area contributed by atoms with Crippen molar-refractivity contribution in [2.75, 3.05) is 4.90 Å². The van der Waals surface area contributed by atoms with E-state index in [0.29, 0.717) is 33.5 Å². The van der Waals surface area contributed by atoms with E-state index in [1.54, 1.807) is 17.4 Å². The van der Waals surface area contributed by atoms with Crippen molar-refractivity contribution in [3.8, 4) is 10.4 Å². The number of hydrogen-bond acceptors (Lipinski definition) is 11. The van der Waals surface area contributed by atoms with Crippen molar-refractivity contribution >= 4 is 111 Å². The molecule has 56 heavy (non-hydrogen) atoms. The minimum Gasteiger partial charge on any atom is -0.301 e. The van der Waals surface area contributed by atoms with E-state index in [4.69, 9.17) is 8.75 Å². The second-order valence-electron chi connectivity index (χ2n) is 13.5. The molecular weight excluding hydrogens is 774 g/mol. The molecule has 3 aromatic heterocycles. The molecule has 0 aliphatic carbocycles. The molecular formula is C42H23F3N6O2S3. The first kappa shape index (κ1) is 34.3. The Kier molecular flexibility index (Phi) is 7.75. The van der Waals surface area contributed by atoms with Crippen LogP contribution in [0.3, 0.4) is 0 Å². The highest BCUT2D eigenvalue weighted by atomic mass is 32.1. The average molecular weight is 797 g/mol. The lowest BCUT2D eigenvalue weighted by atomic mass is 9.99. The van der Waals surface area contributed by atoms with Crippen LogP contribution in [-0.4, -0.2) is 17.5 Å². The van der Waals surface area contributed by atoms with Crippen LogP contribution in [0.4, 0.5) is 35.2 Å². The molecule has 3 heterocycles. The Morgan fingerprint density at radius 1 is 0.589 bits per heavy atom. The second kappa shape index (κ2) is 12.7. The van der Waals surface area contributed by atoms with Gasteiger partial charge in [-0.1, -0.05) is 65.7 Å². The highest BCUT2D eigenvalue weighted by Crippen LogP contribution is 2.51. The van der Waals surface area contributed by atoms with Crippen molar-refractivity contribution in [2.45, 2.75) is 20.0 Å². The zero-order valence-corrected chi connectivity index (χ0v) is 31.6. The molecule has 0 bridgehead atoms. The molecule has 0 atom stereocenters. The summed E-state index contributed by atoms with van der Waals surface area (Å²) in [6.07, 6.45) is -4.68. The Hall–Kier alpha value is -6.22. The molecule has 10 aromatic rings. The third kappa shape index (κ3) is 5.35. The van der Waals surface area contributed by atoms with E-state index < -0.39 is 22.6 Å². The van der Waals surface area contributed by atoms with Crippen molar-refractivity contribution in [3.63, 3.8) is 0 Å². The van der Waals surface area contributed by atoms with Crippen LogP contribution in [-0.2, 0) is 6.18 Å². The van der Waals surface area contributed by atoms with E-state index in [1.807, 2.05) is 18.2 Å². The summed E-state index contributed by atoms with van der Waals surface area (Å²) in [5.74, 6) is 0. The molecule has 0 radical (unpaired) electrons. The van der Waals surface area contributed by atoms with Gasteiger partial charge in [0.2, 0.25) is 5.43 Å². The van der Waals surface area contributed by atoms with Crippen molar-refractivity contribution in [3.05, 3.63) is 146 Å². The van der Waals surface area contributed by atoms with E-state index >= 15 is 0 Å². The normalized spacial score (nSPS) is 12.6. The molecule has 0 aliphatic heterocycles. The van der Waals surface area contributed by atoms with E-state index in [9.17, 15) is 22.8 Å². The first-order valence-electron chi connectivity index (χ1n) is 17.2. The van der Waals surface area contributed by atoms with Gasteiger partial charge in [0.25, 0.3) is 5.43 Å². The number of benzene rings is 6. The number of aryl methyl sites for hydroxylation is 2. The monoisotopic (exact) mass is 796 g/mol. The molecule has 0 aliphatic rings. The van der Waals surface area contributed by atoms with Crippen LogP contribution in [0.25, 0.3) is 64.8 Å². The number of nitrogens with zero attached hydrogens (tertiary/aromatic N) is 6. The molecule has 14 heteroatoms. The standard InChI is InChI=1S/C42H23F3N6O2S3/c1-20-7-12-23(13-8-20)51(24-14-9-21(2)10-15-24)41-27-6-4-3-5-26(27)40(54-41)31-18-28-29(33-35(31)49-55-47-33)19-32(37-34(28)48-56-50-37)46-36-25-16-11-22(42(43,44)45)17-30(25)38(52)39(36)53/h3-19H,1-2H3/b46-36-. The first-order chi connectivity index (χ1) is 27.0. The van der Waals surface area contributed by atoms with E-state index in [1.165, 1.54) is 0 Å². The summed E-state index contributed by atoms with van der Waals surface area (Å²) in [5, 5.41) is 3.98. The summed E-state index contributed by atoms with van der Waals surface area (Å²) >= 11 is 3.69. The molecule has 272 valence electrons. The molecule has 0 saturated carbocycles. The zero-order valence-electron chi connectivity index (χ0n) is 29.2. The van der Waals surface area contributed by atoms with Crippen LogP contribution >= 0.6 is 34.8 Å². The lowest BCUT2D eigenvalue weighted by Crippen LogP contribution is -2.30. The molecule has 0 spiro atoms. The van der Waals surface area contributed by atoms with Gasteiger partial charge in [-0.15, -0.1) is 11.3 Å². The number of thiophene rings is 1. The number of aromatic nitrogens is 4. The lowest BCUT2D eigenvalue weighted by molar-refractivity contribution is -0.137. The van der Waals surface area contributed by atoms with Crippen LogP contribution in [0.2, 0.25) is 0 Å². The summed E-state index contributed by atoms with van der Waals surface area (Å²) in [5.41, 5.74) is 4.56. The number of halogens is 3. The van der Waals surface area contributed by atoms with Gasteiger partial charge in [0.15, 0.2) is 0 Å². The summed E-state index contributed by atoms with van der Waals surface area (Å²) in [6.45, 7) is 4.14. The van der Waals surface area contributed by atoms with E-state index in [-0.39, 0.29) is 21.8 Å². The van der Waals surface area contributed by atoms with Gasteiger partial charge in [-0.2, -0.15) is 30.7 Å². The molecule has 7 aromatic carbocycles. The van der Waals surface area contributed by atoms with Gasteiger partial charge < -0.3 is 4.90 Å². The Morgan fingerprint density at radius 3 is 1.84 bits per heavy atom. The summed E-state index contributed by atoms with van der Waals surface area (Å²) in [7, 11) is 0. The molecule has 8 nitrogen and oxygen atoms in total. The second-order valence-corrected chi connectivity index (χ2v) is 15.6. The van der Waals surface area contributed by atoms with Crippen molar-refractivity contribution in [1.82, 2.24) is 17.5 Å². The number of fused-ring (bicyclic) bond motifs is 7. The molecule has 0 fully saturated rings. The smallest absolute Gasteiger partial charge is 0.301 e. The number of rotatable bonds is 5. The minimum atomic E-state index is -4.68. The molecule has 10 rings (SSSR count). The number of alkyl halides is 3. The van der Waals surface area contributed by atoms with Gasteiger partial charge in [-0.25, -0.2) is 4.99 Å². The fourth-order valence-corrected chi connectivity index (χ4v) is 9.69. The first-order valence-corrected chi connectivity index (χ1v) is 19.5. The van der Waals surface area contributed by atoms with Crippen molar-refractivity contribution < 1.29 is 13.2 Å². The van der Waals surface area contributed by atoms with Crippen LogP contribution in [0.15, 0.2) is 118 Å². The Morgan fingerprint density at radius 2 is 1.18 bits per heavy atom. The third-order valence-electron chi connectivity index (χ3n) is 9.98. The maximum atomic E-state index is 13.5. The third-order valence-corrected chi connectivity index (χ3v) is 12.3. The lowest BCUT2D eigenvalue weighted by Gasteiger charge is -2.24. The molecule has 0 N–H and O–H groups in total. The fraction of sp³-hybridized carbons (Fsp3) is 0.0714. The van der Waals surface area contributed by atoms with E-state index in [0.717, 1.165) is 89.7 Å². The van der Waals surface area contributed by atoms with Crippen LogP contribution in [0.1, 0.15) is 16.7 Å². The highest BCUT2D eigenvalue weighted by molar-refractivity contribution is 7.22. The molecule has 0 unspecified atom stereocenters. The maximum absolute atomic E-state index is 13.5. The van der Waals surface area contributed by atoms with Crippen LogP contribution in [0.5, 0.6) is 0 Å². The summed E-state index contributed by atoms with van der Waals surface area (Å²) in [4.78, 5) is 33.9. The van der Waals surface area contributed by atoms with Gasteiger partial charge in [0, 0.05) is 54.1 Å². The fourth-order valence-electron chi connectivity index (χ4n) is 7.21. The Bertz CT molecular complexity index is 3340. The van der Waals surface area contributed by atoms with E-state index in [2.05, 4.69) is 93.2 Å². The van der Waals surface area contributed by atoms with Crippen molar-refractivity contribution in [2.24, 2.45) is 4.99 Å². The highest BCUT2D eigenvalue weighted by Gasteiger charge is 2.31. The number of anilines is 3. The predicted octanol–water partition coefficient (Wildman–Crippen LogP) is 10.8. The topological polar surface area (TPSA) is 101 Å². The van der Waals surface area contributed by atoms with Gasteiger partial charge in [-0.3, -0.25) is 9.59 Å². The predicted molar refractivity (Wildman–Crippen MR) is 220 cm³/mol. The van der Waals surface area contributed by atoms with Gasteiger partial charge in [0.05, 0.1) is 34.7 Å². The van der Waals surface area contributed by atoms with Gasteiger partial charge >= 0.3 is 6.18 Å². The van der Waals surface area contributed by atoms with Gasteiger partial charge in [-0.05, 0) is 62.4 Å². The molecule has 0 saturated heterocycles. The van der Waals surface area contributed by atoms with Crippen molar-refractivity contribution in [1.29, 1.82) is 0 Å².